The van der Waals surface area contributed by atoms with E-state index in [-0.39, 0.29) is 38.6 Å². The van der Waals surface area contributed by atoms with Crippen molar-refractivity contribution in [2.45, 2.75) is 21.6 Å². The van der Waals surface area contributed by atoms with Gasteiger partial charge in [0.05, 0.1) is 51.6 Å². The minimum absolute atomic E-state index is 0.00128. The lowest BCUT2D eigenvalue weighted by Crippen LogP contribution is -2.01. The van der Waals surface area contributed by atoms with E-state index in [4.69, 9.17) is 27.4 Å². The van der Waals surface area contributed by atoms with Gasteiger partial charge in [0.15, 0.2) is 11.6 Å². The van der Waals surface area contributed by atoms with Crippen molar-refractivity contribution >= 4 is 81.4 Å². The van der Waals surface area contributed by atoms with Crippen LogP contribution in [0.15, 0.2) is 67.4 Å². The van der Waals surface area contributed by atoms with Gasteiger partial charge in [-0.1, -0.05) is 32.8 Å². The van der Waals surface area contributed by atoms with Gasteiger partial charge in [-0.15, -0.1) is 23.2 Å². The molecule has 1 heterocycles. The van der Waals surface area contributed by atoms with Crippen LogP contribution in [-0.4, -0.2) is 30.8 Å². The van der Waals surface area contributed by atoms with Crippen LogP contribution < -0.4 is 5.32 Å². The molecule has 20 heteroatoms. The van der Waals surface area contributed by atoms with E-state index in [2.05, 4.69) is 53.6 Å². The Labute approximate surface area is 246 Å². The van der Waals surface area contributed by atoms with Crippen LogP contribution in [0.3, 0.4) is 0 Å². The summed E-state index contributed by atoms with van der Waals surface area (Å²) in [7, 11) is 0. The Morgan fingerprint density at radius 3 is 2.32 bits per heavy atom. The van der Waals surface area contributed by atoms with Gasteiger partial charge in [-0.05, 0) is 48.7 Å². The summed E-state index contributed by atoms with van der Waals surface area (Å²) in [4.78, 5) is 8.11. The summed E-state index contributed by atoms with van der Waals surface area (Å²) in [5.74, 6) is -0.380. The van der Waals surface area contributed by atoms with Gasteiger partial charge in [-0.3, -0.25) is 0 Å². The van der Waals surface area contributed by atoms with Crippen LogP contribution in [0.1, 0.15) is 5.69 Å². The highest BCUT2D eigenvalue weighted by Crippen LogP contribution is 2.45. The first kappa shape index (κ1) is 31.1. The van der Waals surface area contributed by atoms with Gasteiger partial charge in [0.2, 0.25) is 0 Å². The fourth-order valence-electron chi connectivity index (χ4n) is 3.30. The van der Waals surface area contributed by atoms with E-state index in [0.29, 0.717) is 62.4 Å². The van der Waals surface area contributed by atoms with E-state index in [0.717, 1.165) is 0 Å². The second-order valence-corrected chi connectivity index (χ2v) is 10.0. The third-order valence-corrected chi connectivity index (χ3v) is 7.26. The number of phenols is 1. The Bertz CT molecular complexity index is 1570. The fourth-order valence-corrected chi connectivity index (χ4v) is 4.70. The molecule has 3 aromatic carbocycles. The van der Waals surface area contributed by atoms with Crippen molar-refractivity contribution in [1.82, 2.24) is 9.97 Å². The molecular weight excluding hydrogens is 633 g/mol. The van der Waals surface area contributed by atoms with E-state index in [9.17, 15) is 9.50 Å². The number of azo groups is 1. The first-order valence-corrected chi connectivity index (χ1v) is 13.2. The smallest absolute Gasteiger partial charge is 0.310 e. The average Bonchev–Trinajstić information content (AvgIpc) is 2.96. The van der Waals surface area contributed by atoms with Crippen molar-refractivity contribution < 1.29 is 53.4 Å². The highest BCUT2D eigenvalue weighted by Gasteiger charge is 2.17. The van der Waals surface area contributed by atoms with Gasteiger partial charge < -0.3 is 10.4 Å². The standard InChI is InChI=1S/C21H15ClFN5O10S3/c1-9-17(22)20(26-21(23)24-9)25-11-2-5-15(40-37-34-31)14(8-11)27-28-18-13-4-3-12(39-36-33-30)6-10(13)7-16(19(18)29)41-38-35-32/h2-8,29-32H,1H3,(H,24,25,26). The van der Waals surface area contributed by atoms with Crippen molar-refractivity contribution in [3.63, 3.8) is 0 Å². The molecule has 0 spiro atoms. The molecule has 41 heavy (non-hydrogen) atoms. The number of hydrogen-bond acceptors (Lipinski definition) is 18. The lowest BCUT2D eigenvalue weighted by Gasteiger charge is -2.11. The number of nitrogens with zero attached hydrogens (tertiary/aromatic N) is 4. The number of benzene rings is 3. The molecule has 1 aromatic heterocycles. The molecule has 0 radical (unpaired) electrons. The number of anilines is 2. The number of aromatic nitrogens is 2. The summed E-state index contributed by atoms with van der Waals surface area (Å²) in [6.45, 7) is 1.51. The molecule has 4 aromatic rings. The molecule has 0 saturated carbocycles. The van der Waals surface area contributed by atoms with Crippen LogP contribution in [0.2, 0.25) is 5.02 Å². The van der Waals surface area contributed by atoms with E-state index >= 15 is 0 Å². The fraction of sp³-hybridized carbons (Fsp3) is 0.0476. The average molecular weight is 648 g/mol. The number of rotatable bonds is 13. The summed E-state index contributed by atoms with van der Waals surface area (Å²) < 4.78 is 27.2. The Morgan fingerprint density at radius 1 is 0.878 bits per heavy atom. The zero-order chi connectivity index (χ0) is 29.4. The number of fused-ring (bicyclic) bond motifs is 1. The lowest BCUT2D eigenvalue weighted by molar-refractivity contribution is -0.432. The predicted octanol–water partition coefficient (Wildman–Crippen LogP) is 7.88. The molecule has 0 bridgehead atoms. The van der Waals surface area contributed by atoms with Gasteiger partial charge in [0, 0.05) is 16.0 Å². The van der Waals surface area contributed by atoms with Crippen LogP contribution in [-0.2, 0) is 28.1 Å². The van der Waals surface area contributed by atoms with Crippen molar-refractivity contribution in [1.29, 1.82) is 0 Å². The number of aryl methyl sites for hydroxylation is 1. The number of aromatic hydroxyl groups is 1. The minimum atomic E-state index is -0.984. The molecule has 5 N–H and O–H groups in total. The number of nitrogens with one attached hydrogen (secondary N) is 1. The molecule has 0 amide bonds. The van der Waals surface area contributed by atoms with Crippen molar-refractivity contribution in [2.24, 2.45) is 10.2 Å². The lowest BCUT2D eigenvalue weighted by atomic mass is 10.1. The maximum absolute atomic E-state index is 13.8. The highest BCUT2D eigenvalue weighted by atomic mass is 35.5. The maximum atomic E-state index is 13.8. The molecule has 0 unspecified atom stereocenters. The van der Waals surface area contributed by atoms with Crippen molar-refractivity contribution in [3.8, 4) is 5.75 Å². The number of halogens is 2. The third-order valence-electron chi connectivity index (χ3n) is 4.96. The van der Waals surface area contributed by atoms with Gasteiger partial charge >= 0.3 is 6.08 Å². The number of phenolic OH excluding ortho intramolecular Hbond substituents is 1. The Hall–Kier alpha value is -2.89. The van der Waals surface area contributed by atoms with E-state index in [1.807, 2.05) is 0 Å². The quantitative estimate of drug-likeness (QED) is 0.0308. The summed E-state index contributed by atoms with van der Waals surface area (Å²) in [5, 5.41) is 59.8. The van der Waals surface area contributed by atoms with Crippen LogP contribution in [0, 0.1) is 13.0 Å². The predicted molar refractivity (Wildman–Crippen MR) is 143 cm³/mol. The third kappa shape index (κ3) is 7.90. The maximum Gasteiger partial charge on any atom is 0.310 e. The Balaban J connectivity index is 1.77. The molecule has 0 fully saturated rings. The zero-order valence-electron chi connectivity index (χ0n) is 20.0. The molecule has 0 aliphatic rings. The largest absolute Gasteiger partial charge is 0.504 e. The summed E-state index contributed by atoms with van der Waals surface area (Å²) in [5.41, 5.74) is 0.690. The SMILES string of the molecule is Cc1nc(F)nc(Nc2ccc(SOOO)c(N=Nc3c(O)c(SOOO)cc4cc(SOOO)ccc34)c2)c1Cl. The van der Waals surface area contributed by atoms with E-state index in [1.165, 1.54) is 25.1 Å². The monoisotopic (exact) mass is 647 g/mol. The molecular formula is C21H15ClFN5O10S3. The minimum Gasteiger partial charge on any atom is -0.504 e. The summed E-state index contributed by atoms with van der Waals surface area (Å²) >= 11 is 7.98. The zero-order valence-corrected chi connectivity index (χ0v) is 23.3. The van der Waals surface area contributed by atoms with Crippen LogP contribution in [0.4, 0.5) is 27.3 Å². The van der Waals surface area contributed by atoms with E-state index in [1.54, 1.807) is 24.3 Å². The molecule has 0 saturated heterocycles. The molecule has 0 atom stereocenters. The van der Waals surface area contributed by atoms with Crippen LogP contribution in [0.25, 0.3) is 10.8 Å². The Kier molecular flexibility index (Phi) is 11.2. The van der Waals surface area contributed by atoms with Gasteiger partial charge in [0.25, 0.3) is 0 Å². The topological polar surface area (TPSA) is 199 Å². The first-order valence-electron chi connectivity index (χ1n) is 10.6. The van der Waals surface area contributed by atoms with Crippen LogP contribution >= 0.6 is 47.7 Å². The second-order valence-electron chi connectivity index (χ2n) is 7.38. The summed E-state index contributed by atoms with van der Waals surface area (Å²) in [6.07, 6.45) is -0.984. The molecule has 15 nitrogen and oxygen atoms in total. The number of hydrogen-bond donors (Lipinski definition) is 5. The normalized spacial score (nSPS) is 11.6. The van der Waals surface area contributed by atoms with Gasteiger partial charge in [-0.2, -0.15) is 9.37 Å². The van der Waals surface area contributed by atoms with Crippen molar-refractivity contribution in [2.75, 3.05) is 5.32 Å². The molecule has 0 aliphatic heterocycles. The van der Waals surface area contributed by atoms with Gasteiger partial charge in [0.1, 0.15) is 16.4 Å². The van der Waals surface area contributed by atoms with Crippen molar-refractivity contribution in [3.05, 3.63) is 59.3 Å². The van der Waals surface area contributed by atoms with Gasteiger partial charge in [-0.25, -0.2) is 20.8 Å². The second kappa shape index (κ2) is 14.8. The molecule has 0 aliphatic carbocycles. The highest BCUT2D eigenvalue weighted by molar-refractivity contribution is 7.95. The van der Waals surface area contributed by atoms with Crippen LogP contribution in [0.5, 0.6) is 5.75 Å². The Morgan fingerprint density at radius 2 is 1.59 bits per heavy atom. The molecule has 216 valence electrons. The van der Waals surface area contributed by atoms with E-state index < -0.39 is 6.08 Å². The molecule has 4 rings (SSSR count). The first-order chi connectivity index (χ1) is 19.8. The summed E-state index contributed by atoms with van der Waals surface area (Å²) in [6, 6.07) is 10.8.